The molecule has 0 N–H and O–H groups in total. The first-order chi connectivity index (χ1) is 10.1. The summed E-state index contributed by atoms with van der Waals surface area (Å²) in [7, 11) is 0. The molecule has 2 aromatic rings. The van der Waals surface area contributed by atoms with Gasteiger partial charge in [-0.25, -0.2) is 0 Å². The first kappa shape index (κ1) is 14.6. The van der Waals surface area contributed by atoms with Crippen LogP contribution in [0.2, 0.25) is 5.02 Å². The summed E-state index contributed by atoms with van der Waals surface area (Å²) in [4.78, 5) is 2.52. The van der Waals surface area contributed by atoms with E-state index in [-0.39, 0.29) is 0 Å². The van der Waals surface area contributed by atoms with Gasteiger partial charge < -0.3 is 4.52 Å². The van der Waals surface area contributed by atoms with Gasteiger partial charge in [-0.05, 0) is 45.2 Å². The monoisotopic (exact) mass is 304 g/mol. The molecule has 4 heteroatoms. The molecule has 0 bridgehead atoms. The second-order valence-corrected chi connectivity index (χ2v) is 6.31. The highest BCUT2D eigenvalue weighted by Crippen LogP contribution is 2.38. The Morgan fingerprint density at radius 3 is 2.62 bits per heavy atom. The molecule has 0 unspecified atom stereocenters. The van der Waals surface area contributed by atoms with Gasteiger partial charge in [0.2, 0.25) is 0 Å². The zero-order valence-electron chi connectivity index (χ0n) is 12.8. The third-order valence-electron chi connectivity index (χ3n) is 4.39. The average molecular weight is 305 g/mol. The molecule has 3 rings (SSSR count). The lowest BCUT2D eigenvalue weighted by molar-refractivity contribution is 0.189. The zero-order chi connectivity index (χ0) is 15.0. The molecule has 3 nitrogen and oxygen atoms in total. The van der Waals surface area contributed by atoms with Gasteiger partial charge in [-0.3, -0.25) is 4.90 Å². The number of nitrogens with zero attached hydrogens (tertiary/aromatic N) is 2. The normalized spacial score (nSPS) is 16.4. The molecule has 0 saturated heterocycles. The first-order valence-corrected chi connectivity index (χ1v) is 7.87. The smallest absolute Gasteiger partial charge is 0.138 e. The Hall–Kier alpha value is -1.32. The van der Waals surface area contributed by atoms with Gasteiger partial charge in [-0.1, -0.05) is 35.0 Å². The fourth-order valence-corrected chi connectivity index (χ4v) is 3.18. The van der Waals surface area contributed by atoms with E-state index in [1.165, 1.54) is 24.0 Å². The number of aromatic nitrogens is 1. The predicted molar refractivity (Wildman–Crippen MR) is 84.4 cm³/mol. The third kappa shape index (κ3) is 2.99. The maximum absolute atomic E-state index is 6.38. The van der Waals surface area contributed by atoms with Crippen molar-refractivity contribution in [3.05, 3.63) is 51.9 Å². The second kappa shape index (κ2) is 5.82. The number of hydrogen-bond acceptors (Lipinski definition) is 3. The lowest BCUT2D eigenvalue weighted by Crippen LogP contribution is -2.29. The molecule has 1 fully saturated rings. The quantitative estimate of drug-likeness (QED) is 0.804. The van der Waals surface area contributed by atoms with Gasteiger partial charge in [-0.2, -0.15) is 0 Å². The van der Waals surface area contributed by atoms with Crippen molar-refractivity contribution in [2.45, 2.75) is 52.2 Å². The molecule has 0 amide bonds. The van der Waals surface area contributed by atoms with Gasteiger partial charge in [0.05, 0.1) is 5.69 Å². The maximum atomic E-state index is 6.38. The summed E-state index contributed by atoms with van der Waals surface area (Å²) in [5, 5.41) is 4.91. The Balaban J connectivity index is 1.87. The van der Waals surface area contributed by atoms with Crippen molar-refractivity contribution in [3.63, 3.8) is 0 Å². The van der Waals surface area contributed by atoms with Crippen molar-refractivity contribution >= 4 is 11.6 Å². The van der Waals surface area contributed by atoms with Crippen molar-refractivity contribution < 1.29 is 4.52 Å². The molecule has 1 aromatic heterocycles. The summed E-state index contributed by atoms with van der Waals surface area (Å²) < 4.78 is 5.30. The van der Waals surface area contributed by atoms with E-state index in [1.807, 2.05) is 26.0 Å². The standard InChI is InChI=1S/C17H21ClN2O/c1-11-16(13(3)21-19-11)10-20(14-8-9-14)12(2)15-6-4-5-7-17(15)18/h4-7,12,14H,8-10H2,1-3H3/t12-/m1/s1. The van der Waals surface area contributed by atoms with E-state index in [4.69, 9.17) is 16.1 Å². The Bertz CT molecular complexity index is 614. The lowest BCUT2D eigenvalue weighted by atomic mass is 10.0. The Kier molecular flexibility index (Phi) is 4.05. The van der Waals surface area contributed by atoms with Gasteiger partial charge >= 0.3 is 0 Å². The summed E-state index contributed by atoms with van der Waals surface area (Å²) in [6.45, 7) is 7.10. The van der Waals surface area contributed by atoms with Crippen molar-refractivity contribution in [2.75, 3.05) is 0 Å². The van der Waals surface area contributed by atoms with E-state index in [1.54, 1.807) is 0 Å². The van der Waals surface area contributed by atoms with Crippen LogP contribution in [0.4, 0.5) is 0 Å². The van der Waals surface area contributed by atoms with E-state index >= 15 is 0 Å². The Morgan fingerprint density at radius 1 is 1.33 bits per heavy atom. The van der Waals surface area contributed by atoms with Crippen LogP contribution < -0.4 is 0 Å². The Labute approximate surface area is 130 Å². The lowest BCUT2D eigenvalue weighted by Gasteiger charge is -2.30. The van der Waals surface area contributed by atoms with Crippen LogP contribution in [-0.2, 0) is 6.54 Å². The molecule has 0 spiro atoms. The minimum Gasteiger partial charge on any atom is -0.361 e. The molecule has 1 aliphatic carbocycles. The summed E-state index contributed by atoms with van der Waals surface area (Å²) in [5.41, 5.74) is 3.39. The van der Waals surface area contributed by atoms with Crippen molar-refractivity contribution in [1.82, 2.24) is 10.1 Å². The molecular formula is C17H21ClN2O. The Morgan fingerprint density at radius 2 is 2.05 bits per heavy atom. The number of hydrogen-bond donors (Lipinski definition) is 0. The van der Waals surface area contributed by atoms with Gasteiger partial charge in [0.15, 0.2) is 0 Å². The van der Waals surface area contributed by atoms with Crippen LogP contribution >= 0.6 is 11.6 Å². The summed E-state index contributed by atoms with van der Waals surface area (Å²) >= 11 is 6.38. The molecule has 1 aliphatic rings. The molecule has 21 heavy (non-hydrogen) atoms. The average Bonchev–Trinajstić information content (AvgIpc) is 3.25. The van der Waals surface area contributed by atoms with Crippen LogP contribution in [0.3, 0.4) is 0 Å². The highest BCUT2D eigenvalue weighted by atomic mass is 35.5. The number of benzene rings is 1. The van der Waals surface area contributed by atoms with Crippen LogP contribution in [0.15, 0.2) is 28.8 Å². The fraction of sp³-hybridized carbons (Fsp3) is 0.471. The minimum atomic E-state index is 0.292. The van der Waals surface area contributed by atoms with Crippen LogP contribution in [0, 0.1) is 13.8 Å². The predicted octanol–water partition coefficient (Wildman–Crippen LogP) is 4.67. The maximum Gasteiger partial charge on any atom is 0.138 e. The van der Waals surface area contributed by atoms with Gasteiger partial charge in [0.1, 0.15) is 5.76 Å². The van der Waals surface area contributed by atoms with Crippen LogP contribution in [0.25, 0.3) is 0 Å². The van der Waals surface area contributed by atoms with Crippen molar-refractivity contribution in [2.24, 2.45) is 0 Å². The molecule has 1 aromatic carbocycles. The third-order valence-corrected chi connectivity index (χ3v) is 4.73. The highest BCUT2D eigenvalue weighted by molar-refractivity contribution is 6.31. The van der Waals surface area contributed by atoms with Crippen molar-refractivity contribution in [3.8, 4) is 0 Å². The molecule has 1 heterocycles. The minimum absolute atomic E-state index is 0.292. The van der Waals surface area contributed by atoms with E-state index in [9.17, 15) is 0 Å². The first-order valence-electron chi connectivity index (χ1n) is 7.50. The van der Waals surface area contributed by atoms with Gasteiger partial charge in [0, 0.05) is 29.2 Å². The van der Waals surface area contributed by atoms with Crippen molar-refractivity contribution in [1.29, 1.82) is 0 Å². The topological polar surface area (TPSA) is 29.3 Å². The summed E-state index contributed by atoms with van der Waals surface area (Å²) in [5.74, 6) is 0.921. The number of halogens is 1. The van der Waals surface area contributed by atoms with E-state index in [2.05, 4.69) is 29.1 Å². The van der Waals surface area contributed by atoms with Gasteiger partial charge in [0.25, 0.3) is 0 Å². The zero-order valence-corrected chi connectivity index (χ0v) is 13.5. The van der Waals surface area contributed by atoms with E-state index in [0.717, 1.165) is 23.0 Å². The molecule has 1 saturated carbocycles. The summed E-state index contributed by atoms with van der Waals surface area (Å²) in [6, 6.07) is 9.06. The largest absolute Gasteiger partial charge is 0.361 e. The van der Waals surface area contributed by atoms with Crippen LogP contribution in [0.5, 0.6) is 0 Å². The number of rotatable bonds is 5. The molecular weight excluding hydrogens is 284 g/mol. The van der Waals surface area contributed by atoms with Gasteiger partial charge in [-0.15, -0.1) is 0 Å². The van der Waals surface area contributed by atoms with E-state index < -0.39 is 0 Å². The fourth-order valence-electron chi connectivity index (χ4n) is 2.89. The SMILES string of the molecule is Cc1noc(C)c1CN(C1CC1)[C@H](C)c1ccccc1Cl. The number of aryl methyl sites for hydroxylation is 2. The second-order valence-electron chi connectivity index (χ2n) is 5.90. The van der Waals surface area contributed by atoms with Crippen LogP contribution in [0.1, 0.15) is 48.4 Å². The molecule has 0 radical (unpaired) electrons. The summed E-state index contributed by atoms with van der Waals surface area (Å²) in [6.07, 6.45) is 2.52. The molecule has 0 aliphatic heterocycles. The van der Waals surface area contributed by atoms with E-state index in [0.29, 0.717) is 12.1 Å². The van der Waals surface area contributed by atoms with Crippen LogP contribution in [-0.4, -0.2) is 16.1 Å². The highest BCUT2D eigenvalue weighted by Gasteiger charge is 2.34. The molecule has 1 atom stereocenters. The molecule has 112 valence electrons.